The summed E-state index contributed by atoms with van der Waals surface area (Å²) in [5.41, 5.74) is 1.26. The van der Waals surface area contributed by atoms with E-state index in [1.807, 2.05) is 0 Å². The van der Waals surface area contributed by atoms with Gasteiger partial charge in [0.2, 0.25) is 0 Å². The van der Waals surface area contributed by atoms with Crippen molar-refractivity contribution in [1.29, 1.82) is 0 Å². The summed E-state index contributed by atoms with van der Waals surface area (Å²) in [6, 6.07) is 0. The van der Waals surface area contributed by atoms with Gasteiger partial charge in [-0.25, -0.2) is 0 Å². The Morgan fingerprint density at radius 1 is 0.889 bits per heavy atom. The second-order valence-corrected chi connectivity index (χ2v) is 5.66. The monoisotopic (exact) mass is 250 g/mol. The third-order valence-electron chi connectivity index (χ3n) is 3.79. The number of allylic oxidation sites excluding steroid dienone is 2. The summed E-state index contributed by atoms with van der Waals surface area (Å²) in [7, 11) is 0. The van der Waals surface area contributed by atoms with Gasteiger partial charge in [0, 0.05) is 0 Å². The Morgan fingerprint density at radius 2 is 1.33 bits per heavy atom. The van der Waals surface area contributed by atoms with Crippen molar-refractivity contribution in [2.24, 2.45) is 5.92 Å². The molecule has 0 aromatic rings. The lowest BCUT2D eigenvalue weighted by Crippen LogP contribution is -1.96. The Kier molecular flexibility index (Phi) is 12.6. The summed E-state index contributed by atoms with van der Waals surface area (Å²) in [5.74, 6) is 0.541. The Morgan fingerprint density at radius 3 is 1.72 bits per heavy atom. The predicted molar refractivity (Wildman–Crippen MR) is 85.0 cm³/mol. The molecule has 0 saturated carbocycles. The van der Waals surface area contributed by atoms with Gasteiger partial charge in [-0.3, -0.25) is 0 Å². The minimum Gasteiger partial charge on any atom is -0.102 e. The molecule has 0 heterocycles. The molecular weight excluding hydrogens is 216 g/mol. The highest BCUT2D eigenvalue weighted by Crippen LogP contribution is 2.19. The maximum absolute atomic E-state index is 4.02. The largest absolute Gasteiger partial charge is 0.102 e. The third-order valence-corrected chi connectivity index (χ3v) is 3.79. The van der Waals surface area contributed by atoms with Gasteiger partial charge >= 0.3 is 0 Å². The van der Waals surface area contributed by atoms with Crippen molar-refractivity contribution in [2.45, 2.75) is 84.5 Å². The zero-order valence-electron chi connectivity index (χ0n) is 12.8. The van der Waals surface area contributed by atoms with E-state index in [-0.39, 0.29) is 0 Å². The SMILES string of the molecule is C=CC(CCCCCCCCCCCC)C(=C)C. The molecule has 0 radical (unpaired) electrons. The van der Waals surface area contributed by atoms with Crippen LogP contribution in [0.5, 0.6) is 0 Å². The second kappa shape index (κ2) is 12.9. The quantitative estimate of drug-likeness (QED) is 0.253. The van der Waals surface area contributed by atoms with Crippen LogP contribution in [0.3, 0.4) is 0 Å². The minimum absolute atomic E-state index is 0.541. The highest BCUT2D eigenvalue weighted by atomic mass is 14.1. The van der Waals surface area contributed by atoms with Gasteiger partial charge in [0.05, 0.1) is 0 Å². The van der Waals surface area contributed by atoms with Gasteiger partial charge in [-0.2, -0.15) is 0 Å². The first-order valence-corrected chi connectivity index (χ1v) is 8.00. The van der Waals surface area contributed by atoms with Gasteiger partial charge in [0.1, 0.15) is 0 Å². The van der Waals surface area contributed by atoms with Crippen LogP contribution in [0.2, 0.25) is 0 Å². The zero-order chi connectivity index (χ0) is 13.6. The molecule has 0 aliphatic carbocycles. The van der Waals surface area contributed by atoms with E-state index in [1.165, 1.54) is 76.2 Å². The van der Waals surface area contributed by atoms with E-state index < -0.39 is 0 Å². The van der Waals surface area contributed by atoms with Gasteiger partial charge in [-0.1, -0.05) is 89.4 Å². The average Bonchev–Trinajstić information content (AvgIpc) is 2.35. The van der Waals surface area contributed by atoms with E-state index in [4.69, 9.17) is 0 Å². The molecule has 106 valence electrons. The van der Waals surface area contributed by atoms with Crippen molar-refractivity contribution in [2.75, 3.05) is 0 Å². The topological polar surface area (TPSA) is 0 Å². The maximum atomic E-state index is 4.02. The summed E-state index contributed by atoms with van der Waals surface area (Å²) in [6.45, 7) is 12.3. The van der Waals surface area contributed by atoms with Gasteiger partial charge in [-0.15, -0.1) is 6.58 Å². The molecular formula is C18H34. The van der Waals surface area contributed by atoms with Crippen LogP contribution in [0.25, 0.3) is 0 Å². The summed E-state index contributed by atoms with van der Waals surface area (Å²) in [5, 5.41) is 0. The molecule has 0 aromatic carbocycles. The summed E-state index contributed by atoms with van der Waals surface area (Å²) in [6.07, 6.45) is 17.4. The molecule has 0 amide bonds. The van der Waals surface area contributed by atoms with Gasteiger partial charge in [0.25, 0.3) is 0 Å². The molecule has 0 aliphatic rings. The number of rotatable bonds is 13. The molecule has 0 nitrogen and oxygen atoms in total. The van der Waals surface area contributed by atoms with Crippen molar-refractivity contribution in [3.63, 3.8) is 0 Å². The Labute approximate surface area is 116 Å². The van der Waals surface area contributed by atoms with E-state index in [0.717, 1.165) is 0 Å². The van der Waals surface area contributed by atoms with Crippen LogP contribution in [-0.2, 0) is 0 Å². The molecule has 0 aromatic heterocycles. The summed E-state index contributed by atoms with van der Waals surface area (Å²) >= 11 is 0. The lowest BCUT2D eigenvalue weighted by molar-refractivity contribution is 0.533. The fourth-order valence-corrected chi connectivity index (χ4v) is 2.42. The molecule has 0 saturated heterocycles. The fraction of sp³-hybridized carbons (Fsp3) is 0.778. The number of unbranched alkanes of at least 4 members (excludes halogenated alkanes) is 9. The van der Waals surface area contributed by atoms with Crippen LogP contribution in [0.1, 0.15) is 84.5 Å². The zero-order valence-corrected chi connectivity index (χ0v) is 12.8. The van der Waals surface area contributed by atoms with Crippen LogP contribution in [-0.4, -0.2) is 0 Å². The average molecular weight is 250 g/mol. The van der Waals surface area contributed by atoms with Crippen molar-refractivity contribution in [3.8, 4) is 0 Å². The lowest BCUT2D eigenvalue weighted by Gasteiger charge is -2.11. The Bertz CT molecular complexity index is 202. The normalized spacial score (nSPS) is 12.3. The van der Waals surface area contributed by atoms with Crippen LogP contribution >= 0.6 is 0 Å². The molecule has 0 N–H and O–H groups in total. The molecule has 18 heavy (non-hydrogen) atoms. The molecule has 1 atom stereocenters. The highest BCUT2D eigenvalue weighted by Gasteiger charge is 2.03. The first-order valence-electron chi connectivity index (χ1n) is 8.00. The predicted octanol–water partition coefficient (Wildman–Crippen LogP) is 6.68. The minimum atomic E-state index is 0.541. The maximum Gasteiger partial charge on any atom is -0.00314 e. The molecule has 0 fully saturated rings. The van der Waals surface area contributed by atoms with E-state index in [1.54, 1.807) is 0 Å². The van der Waals surface area contributed by atoms with E-state index in [0.29, 0.717) is 5.92 Å². The molecule has 0 bridgehead atoms. The van der Waals surface area contributed by atoms with Crippen molar-refractivity contribution < 1.29 is 0 Å². The molecule has 0 spiro atoms. The smallest absolute Gasteiger partial charge is 0.00314 e. The molecule has 0 heteroatoms. The highest BCUT2D eigenvalue weighted by molar-refractivity contribution is 5.03. The Hall–Kier alpha value is -0.520. The number of hydrogen-bond donors (Lipinski definition) is 0. The van der Waals surface area contributed by atoms with Crippen LogP contribution in [0, 0.1) is 5.92 Å². The third kappa shape index (κ3) is 10.6. The first kappa shape index (κ1) is 17.5. The van der Waals surface area contributed by atoms with Crippen LogP contribution < -0.4 is 0 Å². The molecule has 0 rings (SSSR count). The second-order valence-electron chi connectivity index (χ2n) is 5.66. The van der Waals surface area contributed by atoms with Gasteiger partial charge in [0.15, 0.2) is 0 Å². The van der Waals surface area contributed by atoms with Crippen molar-refractivity contribution in [3.05, 3.63) is 24.8 Å². The lowest BCUT2D eigenvalue weighted by atomic mass is 9.95. The van der Waals surface area contributed by atoms with Crippen molar-refractivity contribution in [1.82, 2.24) is 0 Å². The standard InChI is InChI=1S/C18H34/c1-5-7-8-9-10-11-12-13-14-15-16-18(6-2)17(3)4/h6,18H,2-3,5,7-16H2,1,4H3. The first-order chi connectivity index (χ1) is 8.72. The molecule has 1 unspecified atom stereocenters. The molecule has 0 aliphatic heterocycles. The van der Waals surface area contributed by atoms with Crippen LogP contribution in [0.15, 0.2) is 24.8 Å². The van der Waals surface area contributed by atoms with E-state index in [9.17, 15) is 0 Å². The fourth-order valence-electron chi connectivity index (χ4n) is 2.42. The van der Waals surface area contributed by atoms with Gasteiger partial charge < -0.3 is 0 Å². The van der Waals surface area contributed by atoms with Crippen molar-refractivity contribution >= 4 is 0 Å². The Balaban J connectivity index is 3.20. The number of hydrogen-bond acceptors (Lipinski definition) is 0. The van der Waals surface area contributed by atoms with Crippen LogP contribution in [0.4, 0.5) is 0 Å². The summed E-state index contributed by atoms with van der Waals surface area (Å²) < 4.78 is 0. The summed E-state index contributed by atoms with van der Waals surface area (Å²) in [4.78, 5) is 0. The van der Waals surface area contributed by atoms with E-state index in [2.05, 4.69) is 33.1 Å². The van der Waals surface area contributed by atoms with Gasteiger partial charge in [-0.05, 0) is 19.3 Å². The van der Waals surface area contributed by atoms with E-state index >= 15 is 0 Å².